The summed E-state index contributed by atoms with van der Waals surface area (Å²) in [6.07, 6.45) is 7.07. The van der Waals surface area contributed by atoms with Crippen molar-refractivity contribution in [2.75, 3.05) is 36.4 Å². The number of piperidine rings is 1. The summed E-state index contributed by atoms with van der Waals surface area (Å²) < 4.78 is 32.4. The molecule has 0 saturated carbocycles. The van der Waals surface area contributed by atoms with E-state index < -0.39 is 15.9 Å². The van der Waals surface area contributed by atoms with E-state index in [2.05, 4.69) is 15.2 Å². The predicted octanol–water partition coefficient (Wildman–Crippen LogP) is 3.01. The lowest BCUT2D eigenvalue weighted by Crippen LogP contribution is -2.29. The number of aromatic nitrogens is 1. The van der Waals surface area contributed by atoms with E-state index in [-0.39, 0.29) is 16.4 Å². The van der Waals surface area contributed by atoms with E-state index in [4.69, 9.17) is 4.42 Å². The van der Waals surface area contributed by atoms with Gasteiger partial charge in [0.2, 0.25) is 10.0 Å². The maximum absolute atomic E-state index is 12.8. The second-order valence-electron chi connectivity index (χ2n) is 7.55. The number of rotatable bonds is 5. The van der Waals surface area contributed by atoms with E-state index in [1.807, 2.05) is 6.07 Å². The zero-order valence-electron chi connectivity index (χ0n) is 16.6. The molecule has 1 N–H and O–H groups in total. The summed E-state index contributed by atoms with van der Waals surface area (Å²) in [4.78, 5) is 19.2. The molecule has 9 heteroatoms. The van der Waals surface area contributed by atoms with E-state index in [1.54, 1.807) is 19.2 Å². The number of aryl methyl sites for hydroxylation is 1. The number of sulfonamides is 1. The van der Waals surface area contributed by atoms with E-state index in [9.17, 15) is 13.2 Å². The first-order chi connectivity index (χ1) is 13.9. The van der Waals surface area contributed by atoms with E-state index in [0.717, 1.165) is 31.6 Å². The molecule has 29 heavy (non-hydrogen) atoms. The van der Waals surface area contributed by atoms with Crippen LogP contribution in [-0.4, -0.2) is 49.8 Å². The summed E-state index contributed by atoms with van der Waals surface area (Å²) in [6.45, 7) is 4.61. The highest BCUT2D eigenvalue weighted by Crippen LogP contribution is 2.27. The van der Waals surface area contributed by atoms with Crippen LogP contribution in [0.4, 0.5) is 11.5 Å². The van der Waals surface area contributed by atoms with Crippen LogP contribution in [-0.2, 0) is 10.0 Å². The summed E-state index contributed by atoms with van der Waals surface area (Å²) in [5.41, 5.74) is 1.04. The molecule has 0 spiro atoms. The number of hydrogen-bond acceptors (Lipinski definition) is 6. The minimum absolute atomic E-state index is 0.0396. The van der Waals surface area contributed by atoms with Crippen LogP contribution in [0.2, 0.25) is 0 Å². The van der Waals surface area contributed by atoms with Crippen molar-refractivity contribution in [1.29, 1.82) is 0 Å². The fraction of sp³-hybridized carbons (Fsp3) is 0.500. The van der Waals surface area contributed by atoms with Crippen molar-refractivity contribution in [2.45, 2.75) is 43.9 Å². The van der Waals surface area contributed by atoms with Crippen LogP contribution >= 0.6 is 0 Å². The van der Waals surface area contributed by atoms with Crippen LogP contribution < -0.4 is 10.2 Å². The zero-order valence-corrected chi connectivity index (χ0v) is 17.4. The van der Waals surface area contributed by atoms with Gasteiger partial charge in [0.25, 0.3) is 5.91 Å². The van der Waals surface area contributed by atoms with Gasteiger partial charge >= 0.3 is 0 Å². The van der Waals surface area contributed by atoms with Gasteiger partial charge in [0.05, 0.1) is 11.9 Å². The summed E-state index contributed by atoms with van der Waals surface area (Å²) in [5, 5.41) is 2.68. The molecule has 0 atom stereocenters. The van der Waals surface area contributed by atoms with Crippen molar-refractivity contribution in [3.63, 3.8) is 0 Å². The van der Waals surface area contributed by atoms with Gasteiger partial charge in [0, 0.05) is 32.2 Å². The lowest BCUT2D eigenvalue weighted by molar-refractivity contribution is 0.0995. The van der Waals surface area contributed by atoms with Gasteiger partial charge < -0.3 is 14.6 Å². The number of amides is 1. The molecule has 0 aromatic carbocycles. The van der Waals surface area contributed by atoms with Crippen LogP contribution in [0.15, 0.2) is 33.7 Å². The smallest absolute Gasteiger partial charge is 0.292 e. The molecule has 4 heterocycles. The minimum atomic E-state index is -3.63. The maximum Gasteiger partial charge on any atom is 0.292 e. The van der Waals surface area contributed by atoms with Gasteiger partial charge in [-0.15, -0.1) is 0 Å². The van der Waals surface area contributed by atoms with Gasteiger partial charge in [-0.25, -0.2) is 13.4 Å². The number of carbonyl (C=O) groups is 1. The van der Waals surface area contributed by atoms with Crippen molar-refractivity contribution in [3.05, 3.63) is 35.9 Å². The molecule has 2 aliphatic heterocycles. The standard InChI is InChI=1S/C20H26N4O4S/c1-15-18(29(26,27)24-11-5-6-12-24)13-17(28-15)20(25)22-19-8-7-16(14-21-19)23-9-3-2-4-10-23/h7-8,13-14H,2-6,9-12H2,1H3,(H,21,22,25). The first kappa shape index (κ1) is 19.9. The van der Waals surface area contributed by atoms with E-state index in [1.165, 1.54) is 29.6 Å². The fourth-order valence-corrected chi connectivity index (χ4v) is 5.56. The van der Waals surface area contributed by atoms with Crippen LogP contribution in [0, 0.1) is 6.92 Å². The molecule has 2 aromatic heterocycles. The highest BCUT2D eigenvalue weighted by Gasteiger charge is 2.31. The molecular formula is C20H26N4O4S. The Bertz CT molecular complexity index is 972. The van der Waals surface area contributed by atoms with Crippen LogP contribution in [0.3, 0.4) is 0 Å². The lowest BCUT2D eigenvalue weighted by atomic mass is 10.1. The van der Waals surface area contributed by atoms with Crippen molar-refractivity contribution < 1.29 is 17.6 Å². The topological polar surface area (TPSA) is 95.7 Å². The van der Waals surface area contributed by atoms with Crippen LogP contribution in [0.5, 0.6) is 0 Å². The molecule has 1 amide bonds. The summed E-state index contributed by atoms with van der Waals surface area (Å²) in [5.74, 6) is 0.0561. The zero-order chi connectivity index (χ0) is 20.4. The molecule has 0 unspecified atom stereocenters. The Morgan fingerprint density at radius 2 is 1.76 bits per heavy atom. The van der Waals surface area contributed by atoms with Gasteiger partial charge in [-0.2, -0.15) is 4.31 Å². The Balaban J connectivity index is 1.46. The molecule has 4 rings (SSSR count). The third-order valence-corrected chi connectivity index (χ3v) is 7.50. The Hall–Kier alpha value is -2.39. The van der Waals surface area contributed by atoms with Gasteiger partial charge in [-0.05, 0) is 51.2 Å². The van der Waals surface area contributed by atoms with Crippen molar-refractivity contribution in [1.82, 2.24) is 9.29 Å². The number of pyridine rings is 1. The Kier molecular flexibility index (Phi) is 5.60. The summed E-state index contributed by atoms with van der Waals surface area (Å²) in [7, 11) is -3.63. The number of nitrogens with one attached hydrogen (secondary N) is 1. The molecule has 2 fully saturated rings. The summed E-state index contributed by atoms with van der Waals surface area (Å²) in [6, 6.07) is 4.99. The molecule has 2 aromatic rings. The van der Waals surface area contributed by atoms with Crippen molar-refractivity contribution in [3.8, 4) is 0 Å². The third-order valence-electron chi connectivity index (χ3n) is 5.49. The highest BCUT2D eigenvalue weighted by atomic mass is 32.2. The van der Waals surface area contributed by atoms with Gasteiger partial charge in [0.1, 0.15) is 16.5 Å². The normalized spacial score (nSPS) is 18.2. The number of furan rings is 1. The Morgan fingerprint density at radius 3 is 2.41 bits per heavy atom. The average molecular weight is 419 g/mol. The highest BCUT2D eigenvalue weighted by molar-refractivity contribution is 7.89. The first-order valence-corrected chi connectivity index (χ1v) is 11.5. The monoisotopic (exact) mass is 418 g/mol. The molecule has 8 nitrogen and oxygen atoms in total. The average Bonchev–Trinajstić information content (AvgIpc) is 3.40. The Labute approximate surface area is 170 Å². The second-order valence-corrected chi connectivity index (χ2v) is 9.45. The number of anilines is 2. The molecule has 0 radical (unpaired) electrons. The first-order valence-electron chi connectivity index (χ1n) is 10.1. The molecule has 0 bridgehead atoms. The molecule has 156 valence electrons. The number of carbonyl (C=O) groups excluding carboxylic acids is 1. The van der Waals surface area contributed by atoms with E-state index in [0.29, 0.717) is 18.9 Å². The van der Waals surface area contributed by atoms with Crippen LogP contribution in [0.25, 0.3) is 0 Å². The van der Waals surface area contributed by atoms with Crippen molar-refractivity contribution >= 4 is 27.4 Å². The lowest BCUT2D eigenvalue weighted by Gasteiger charge is -2.28. The fourth-order valence-electron chi connectivity index (χ4n) is 3.88. The SMILES string of the molecule is Cc1oc(C(=O)Nc2ccc(N3CCCCC3)cn2)cc1S(=O)(=O)N1CCCC1. The molecular weight excluding hydrogens is 392 g/mol. The maximum atomic E-state index is 12.8. The van der Waals surface area contributed by atoms with Crippen molar-refractivity contribution in [2.24, 2.45) is 0 Å². The molecule has 2 aliphatic rings. The van der Waals surface area contributed by atoms with Gasteiger partial charge in [-0.3, -0.25) is 4.79 Å². The largest absolute Gasteiger partial charge is 0.455 e. The van der Waals surface area contributed by atoms with E-state index >= 15 is 0 Å². The molecule has 0 aliphatic carbocycles. The number of hydrogen-bond donors (Lipinski definition) is 1. The van der Waals surface area contributed by atoms with Gasteiger partial charge in [0.15, 0.2) is 5.76 Å². The predicted molar refractivity (Wildman–Crippen MR) is 110 cm³/mol. The number of nitrogens with zero attached hydrogens (tertiary/aromatic N) is 3. The van der Waals surface area contributed by atoms with Gasteiger partial charge in [-0.1, -0.05) is 0 Å². The summed E-state index contributed by atoms with van der Waals surface area (Å²) >= 11 is 0. The third kappa shape index (κ3) is 4.16. The minimum Gasteiger partial charge on any atom is -0.455 e. The Morgan fingerprint density at radius 1 is 1.07 bits per heavy atom. The molecule has 2 saturated heterocycles. The van der Waals surface area contributed by atoms with Crippen LogP contribution in [0.1, 0.15) is 48.4 Å². The quantitative estimate of drug-likeness (QED) is 0.802. The second kappa shape index (κ2) is 8.16.